The Labute approximate surface area is 176 Å². The van der Waals surface area contributed by atoms with Crippen molar-refractivity contribution in [2.24, 2.45) is 0 Å². The van der Waals surface area contributed by atoms with Crippen molar-refractivity contribution >= 4 is 17.8 Å². The molecule has 1 aromatic heterocycles. The second-order valence-corrected chi connectivity index (χ2v) is 6.97. The predicted molar refractivity (Wildman–Crippen MR) is 106 cm³/mol. The Balaban J connectivity index is 1.43. The molecule has 1 aliphatic rings. The zero-order chi connectivity index (χ0) is 22.0. The maximum atomic E-state index is 13.0. The first-order valence-electron chi connectivity index (χ1n) is 9.74. The van der Waals surface area contributed by atoms with Gasteiger partial charge < -0.3 is 9.26 Å². The summed E-state index contributed by atoms with van der Waals surface area (Å²) in [6, 6.07) is 9.81. The van der Waals surface area contributed by atoms with E-state index >= 15 is 0 Å². The van der Waals surface area contributed by atoms with Gasteiger partial charge in [-0.15, -0.1) is 0 Å². The van der Waals surface area contributed by atoms with Gasteiger partial charge in [0.2, 0.25) is 5.82 Å². The van der Waals surface area contributed by atoms with Crippen molar-refractivity contribution < 1.29 is 28.0 Å². The van der Waals surface area contributed by atoms with Crippen molar-refractivity contribution in [2.75, 3.05) is 6.54 Å². The second-order valence-electron chi connectivity index (χ2n) is 6.97. The second kappa shape index (κ2) is 8.47. The van der Waals surface area contributed by atoms with Crippen LogP contribution in [0.3, 0.4) is 0 Å². The lowest BCUT2D eigenvalue weighted by atomic mass is 10.1. The first-order chi connectivity index (χ1) is 15.0. The molecule has 0 bridgehead atoms. The molecule has 2 aromatic carbocycles. The van der Waals surface area contributed by atoms with E-state index in [1.54, 1.807) is 0 Å². The summed E-state index contributed by atoms with van der Waals surface area (Å²) in [4.78, 5) is 42.6. The molecule has 0 atom stereocenters. The summed E-state index contributed by atoms with van der Waals surface area (Å²) in [5.41, 5.74) is 1.15. The van der Waals surface area contributed by atoms with Crippen LogP contribution < -0.4 is 0 Å². The molecule has 0 spiro atoms. The summed E-state index contributed by atoms with van der Waals surface area (Å²) in [7, 11) is 0. The van der Waals surface area contributed by atoms with E-state index in [9.17, 15) is 18.8 Å². The first kappa shape index (κ1) is 20.4. The van der Waals surface area contributed by atoms with E-state index in [0.29, 0.717) is 18.5 Å². The number of carbonyl (C=O) groups is 3. The number of imide groups is 1. The number of halogens is 1. The maximum Gasteiger partial charge on any atom is 0.338 e. The summed E-state index contributed by atoms with van der Waals surface area (Å²) >= 11 is 0. The third kappa shape index (κ3) is 4.07. The molecule has 0 aliphatic carbocycles. The lowest BCUT2D eigenvalue weighted by Crippen LogP contribution is -2.30. The summed E-state index contributed by atoms with van der Waals surface area (Å²) in [5.74, 6) is -1.55. The van der Waals surface area contributed by atoms with Gasteiger partial charge in [-0.1, -0.05) is 18.5 Å². The molecular formula is C22H18FN3O5. The molecule has 0 saturated heterocycles. The van der Waals surface area contributed by atoms with Crippen molar-refractivity contribution in [2.45, 2.75) is 26.4 Å². The Bertz CT molecular complexity index is 1160. The molecular weight excluding hydrogens is 405 g/mol. The number of unbranched alkanes of at least 4 members (excludes halogenated alkanes) is 1. The topological polar surface area (TPSA) is 103 Å². The highest BCUT2D eigenvalue weighted by Crippen LogP contribution is 2.25. The molecule has 0 unspecified atom stereocenters. The van der Waals surface area contributed by atoms with E-state index in [-0.39, 0.29) is 46.7 Å². The number of aromatic nitrogens is 2. The molecule has 0 saturated carbocycles. The number of hydrogen-bond acceptors (Lipinski definition) is 7. The fourth-order valence-corrected chi connectivity index (χ4v) is 3.18. The van der Waals surface area contributed by atoms with Gasteiger partial charge in [0, 0.05) is 12.1 Å². The number of amides is 2. The van der Waals surface area contributed by atoms with Gasteiger partial charge in [-0.3, -0.25) is 14.5 Å². The van der Waals surface area contributed by atoms with Gasteiger partial charge in [0.05, 0.1) is 16.7 Å². The third-order valence-electron chi connectivity index (χ3n) is 4.84. The standard InChI is InChI=1S/C22H18FN3O5/c1-2-3-10-26-20(27)16-9-6-14(11-17(16)21(26)28)22(29)30-12-18-24-19(25-31-18)13-4-7-15(23)8-5-13/h4-9,11H,2-3,10,12H2,1H3. The summed E-state index contributed by atoms with van der Waals surface area (Å²) in [6.45, 7) is 2.04. The number of esters is 1. The van der Waals surface area contributed by atoms with Crippen molar-refractivity contribution in [3.63, 3.8) is 0 Å². The number of hydrogen-bond donors (Lipinski definition) is 0. The Hall–Kier alpha value is -3.88. The van der Waals surface area contributed by atoms with E-state index in [0.717, 1.165) is 6.42 Å². The fourth-order valence-electron chi connectivity index (χ4n) is 3.18. The number of carbonyl (C=O) groups excluding carboxylic acids is 3. The van der Waals surface area contributed by atoms with E-state index in [2.05, 4.69) is 10.1 Å². The highest BCUT2D eigenvalue weighted by atomic mass is 19.1. The molecule has 4 rings (SSSR count). The van der Waals surface area contributed by atoms with E-state index in [4.69, 9.17) is 9.26 Å². The Morgan fingerprint density at radius 1 is 1.10 bits per heavy atom. The quantitative estimate of drug-likeness (QED) is 0.422. The summed E-state index contributed by atoms with van der Waals surface area (Å²) < 4.78 is 23.3. The minimum Gasteiger partial charge on any atom is -0.452 e. The van der Waals surface area contributed by atoms with Crippen LogP contribution in [0.25, 0.3) is 11.4 Å². The fraction of sp³-hybridized carbons (Fsp3) is 0.227. The van der Waals surface area contributed by atoms with Crippen LogP contribution in [0.15, 0.2) is 47.0 Å². The zero-order valence-corrected chi connectivity index (χ0v) is 16.6. The molecule has 0 N–H and O–H groups in total. The number of benzene rings is 2. The van der Waals surface area contributed by atoms with Crippen LogP contribution in [0.4, 0.5) is 4.39 Å². The molecule has 0 radical (unpaired) electrons. The van der Waals surface area contributed by atoms with Gasteiger partial charge in [0.1, 0.15) is 5.82 Å². The van der Waals surface area contributed by atoms with Crippen molar-refractivity contribution in [1.82, 2.24) is 15.0 Å². The van der Waals surface area contributed by atoms with Crippen molar-refractivity contribution in [3.05, 3.63) is 70.9 Å². The van der Waals surface area contributed by atoms with Gasteiger partial charge in [-0.25, -0.2) is 9.18 Å². The normalized spacial score (nSPS) is 12.9. The predicted octanol–water partition coefficient (Wildman–Crippen LogP) is 3.63. The van der Waals surface area contributed by atoms with E-state index < -0.39 is 11.9 Å². The Kier molecular flexibility index (Phi) is 5.57. The van der Waals surface area contributed by atoms with E-state index in [1.165, 1.54) is 47.4 Å². The lowest BCUT2D eigenvalue weighted by Gasteiger charge is -2.12. The van der Waals surface area contributed by atoms with Crippen LogP contribution in [0.1, 0.15) is 56.7 Å². The molecule has 9 heteroatoms. The van der Waals surface area contributed by atoms with Crippen LogP contribution in [-0.4, -0.2) is 39.4 Å². The Morgan fingerprint density at radius 3 is 2.58 bits per heavy atom. The molecule has 2 heterocycles. The highest BCUT2D eigenvalue weighted by Gasteiger charge is 2.35. The largest absolute Gasteiger partial charge is 0.452 e. The monoisotopic (exact) mass is 423 g/mol. The highest BCUT2D eigenvalue weighted by molar-refractivity contribution is 6.21. The summed E-state index contributed by atoms with van der Waals surface area (Å²) in [5, 5.41) is 3.78. The van der Waals surface area contributed by atoms with Gasteiger partial charge in [-0.05, 0) is 48.9 Å². The molecule has 8 nitrogen and oxygen atoms in total. The molecule has 3 aromatic rings. The number of rotatable bonds is 7. The van der Waals surface area contributed by atoms with Crippen LogP contribution in [0, 0.1) is 5.82 Å². The van der Waals surface area contributed by atoms with Crippen molar-refractivity contribution in [3.8, 4) is 11.4 Å². The van der Waals surface area contributed by atoms with Crippen LogP contribution in [-0.2, 0) is 11.3 Å². The average Bonchev–Trinajstić information content (AvgIpc) is 3.34. The molecule has 31 heavy (non-hydrogen) atoms. The Morgan fingerprint density at radius 2 is 1.84 bits per heavy atom. The SMILES string of the molecule is CCCCN1C(=O)c2ccc(C(=O)OCc3nc(-c4ccc(F)cc4)no3)cc2C1=O. The van der Waals surface area contributed by atoms with Gasteiger partial charge in [0.15, 0.2) is 6.61 Å². The summed E-state index contributed by atoms with van der Waals surface area (Å²) in [6.07, 6.45) is 1.56. The van der Waals surface area contributed by atoms with Gasteiger partial charge >= 0.3 is 5.97 Å². The molecule has 1 aliphatic heterocycles. The first-order valence-corrected chi connectivity index (χ1v) is 9.74. The maximum absolute atomic E-state index is 13.0. The van der Waals surface area contributed by atoms with E-state index in [1.807, 2.05) is 6.92 Å². The minimum atomic E-state index is -0.698. The van der Waals surface area contributed by atoms with Crippen LogP contribution >= 0.6 is 0 Å². The molecule has 2 amide bonds. The van der Waals surface area contributed by atoms with Gasteiger partial charge in [0.25, 0.3) is 17.7 Å². The average molecular weight is 423 g/mol. The minimum absolute atomic E-state index is 0.0610. The number of nitrogens with zero attached hydrogens (tertiary/aromatic N) is 3. The van der Waals surface area contributed by atoms with Crippen LogP contribution in [0.5, 0.6) is 0 Å². The molecule has 0 fully saturated rings. The molecule has 158 valence electrons. The lowest BCUT2D eigenvalue weighted by molar-refractivity contribution is 0.0429. The number of ether oxygens (including phenoxy) is 1. The smallest absolute Gasteiger partial charge is 0.338 e. The van der Waals surface area contributed by atoms with Gasteiger partial charge in [-0.2, -0.15) is 4.98 Å². The zero-order valence-electron chi connectivity index (χ0n) is 16.6. The van der Waals surface area contributed by atoms with Crippen molar-refractivity contribution in [1.29, 1.82) is 0 Å². The third-order valence-corrected chi connectivity index (χ3v) is 4.84. The number of fused-ring (bicyclic) bond motifs is 1. The van der Waals surface area contributed by atoms with Crippen LogP contribution in [0.2, 0.25) is 0 Å².